The summed E-state index contributed by atoms with van der Waals surface area (Å²) in [6.45, 7) is 4.14. The van der Waals surface area contributed by atoms with Crippen LogP contribution >= 0.6 is 0 Å². The highest BCUT2D eigenvalue weighted by atomic mass is 16.5. The summed E-state index contributed by atoms with van der Waals surface area (Å²) in [7, 11) is 1.70. The first-order valence-corrected chi connectivity index (χ1v) is 9.01. The lowest BCUT2D eigenvalue weighted by Gasteiger charge is -2.16. The Morgan fingerprint density at radius 2 is 2.15 bits per heavy atom. The van der Waals surface area contributed by atoms with Crippen LogP contribution in [0.2, 0.25) is 0 Å². The van der Waals surface area contributed by atoms with E-state index in [1.54, 1.807) is 19.5 Å². The molecular weight excluding hydrogens is 328 g/mol. The molecule has 2 N–H and O–H groups in total. The van der Waals surface area contributed by atoms with E-state index in [9.17, 15) is 0 Å². The highest BCUT2D eigenvalue weighted by Gasteiger charge is 2.29. The zero-order valence-corrected chi connectivity index (χ0v) is 15.0. The quantitative estimate of drug-likeness (QED) is 0.728. The molecule has 26 heavy (non-hydrogen) atoms. The van der Waals surface area contributed by atoms with Gasteiger partial charge in [0.2, 0.25) is 0 Å². The van der Waals surface area contributed by atoms with Gasteiger partial charge in [0, 0.05) is 37.9 Å². The Morgan fingerprint density at radius 3 is 3.00 bits per heavy atom. The summed E-state index contributed by atoms with van der Waals surface area (Å²) in [6, 6.07) is 8.27. The molecule has 3 heterocycles. The second-order valence-electron chi connectivity index (χ2n) is 6.70. The van der Waals surface area contributed by atoms with Crippen molar-refractivity contribution in [3.63, 3.8) is 0 Å². The monoisotopic (exact) mass is 352 g/mol. The number of methoxy groups -OCH3 is 1. The number of hydrogen-bond donors (Lipinski definition) is 1. The Hall–Kier alpha value is -2.51. The summed E-state index contributed by atoms with van der Waals surface area (Å²) in [5.41, 5.74) is 9.78. The number of likely N-dealkylation sites (tertiary alicyclic amines) is 1. The number of ether oxygens (including phenoxy) is 1. The fourth-order valence-corrected chi connectivity index (χ4v) is 3.71. The Balaban J connectivity index is 1.52. The van der Waals surface area contributed by atoms with Gasteiger partial charge in [-0.05, 0) is 30.7 Å². The Labute approximate surface area is 152 Å². The Bertz CT molecular complexity index is 893. The van der Waals surface area contributed by atoms with Crippen LogP contribution < -0.4 is 10.5 Å². The number of nitrogens with two attached hydrogens (primary N) is 1. The first-order chi connectivity index (χ1) is 12.8. The first-order valence-electron chi connectivity index (χ1n) is 9.01. The van der Waals surface area contributed by atoms with Crippen molar-refractivity contribution in [2.45, 2.75) is 25.4 Å². The van der Waals surface area contributed by atoms with Gasteiger partial charge in [0.05, 0.1) is 19.3 Å². The number of nitrogens with zero attached hydrogens (tertiary/aromatic N) is 5. The van der Waals surface area contributed by atoms with Crippen molar-refractivity contribution in [2.75, 3.05) is 26.7 Å². The van der Waals surface area contributed by atoms with E-state index < -0.39 is 0 Å². The standard InChI is InChI=1S/C19H24N6O/c1-26-16-4-2-3-14(11-16)12-24-9-5-15(13-24)17-18-19(22-8-7-21-18)25(23-17)10-6-20/h2-4,7-8,11,15H,5-6,9-10,12-13,20H2,1H3/t15-/m0/s1. The highest BCUT2D eigenvalue weighted by molar-refractivity contribution is 5.73. The van der Waals surface area contributed by atoms with Crippen LogP contribution in [0.1, 0.15) is 23.6 Å². The minimum Gasteiger partial charge on any atom is -0.497 e. The molecular formula is C19H24N6O. The van der Waals surface area contributed by atoms with E-state index in [4.69, 9.17) is 15.6 Å². The molecule has 136 valence electrons. The van der Waals surface area contributed by atoms with E-state index in [-0.39, 0.29) is 0 Å². The number of rotatable bonds is 6. The topological polar surface area (TPSA) is 82.1 Å². The van der Waals surface area contributed by atoms with Crippen LogP contribution in [0.25, 0.3) is 11.2 Å². The summed E-state index contributed by atoms with van der Waals surface area (Å²) < 4.78 is 7.22. The highest BCUT2D eigenvalue weighted by Crippen LogP contribution is 2.31. The van der Waals surface area contributed by atoms with Gasteiger partial charge < -0.3 is 10.5 Å². The average molecular weight is 352 g/mol. The molecule has 3 aromatic rings. The molecule has 1 aliphatic rings. The van der Waals surface area contributed by atoms with Gasteiger partial charge in [-0.1, -0.05) is 12.1 Å². The molecule has 4 rings (SSSR count). The van der Waals surface area contributed by atoms with Crippen LogP contribution in [0.4, 0.5) is 0 Å². The van der Waals surface area contributed by atoms with E-state index >= 15 is 0 Å². The van der Waals surface area contributed by atoms with Gasteiger partial charge in [0.1, 0.15) is 11.3 Å². The van der Waals surface area contributed by atoms with Crippen molar-refractivity contribution < 1.29 is 4.74 Å². The molecule has 1 saturated heterocycles. The predicted octanol–water partition coefficient (Wildman–Crippen LogP) is 1.78. The molecule has 0 bridgehead atoms. The van der Waals surface area contributed by atoms with Gasteiger partial charge in [0.15, 0.2) is 5.65 Å². The normalized spacial score (nSPS) is 17.8. The van der Waals surface area contributed by atoms with Crippen molar-refractivity contribution in [1.82, 2.24) is 24.6 Å². The maximum atomic E-state index is 5.72. The van der Waals surface area contributed by atoms with E-state index in [0.29, 0.717) is 19.0 Å². The van der Waals surface area contributed by atoms with Crippen LogP contribution in [0.3, 0.4) is 0 Å². The molecule has 0 saturated carbocycles. The summed E-state index contributed by atoms with van der Waals surface area (Å²) in [5, 5.41) is 4.79. The molecule has 1 aromatic carbocycles. The second-order valence-corrected chi connectivity index (χ2v) is 6.70. The van der Waals surface area contributed by atoms with Crippen LogP contribution in [0, 0.1) is 0 Å². The fraction of sp³-hybridized carbons (Fsp3) is 0.421. The molecule has 7 nitrogen and oxygen atoms in total. The Kier molecular flexibility index (Phi) is 4.81. The van der Waals surface area contributed by atoms with E-state index in [0.717, 1.165) is 48.7 Å². The molecule has 2 aromatic heterocycles. The van der Waals surface area contributed by atoms with E-state index in [1.807, 2.05) is 16.8 Å². The largest absolute Gasteiger partial charge is 0.497 e. The molecule has 0 aliphatic carbocycles. The average Bonchev–Trinajstić information content (AvgIpc) is 3.27. The zero-order valence-electron chi connectivity index (χ0n) is 15.0. The fourth-order valence-electron chi connectivity index (χ4n) is 3.71. The summed E-state index contributed by atoms with van der Waals surface area (Å²) >= 11 is 0. The number of fused-ring (bicyclic) bond motifs is 1. The first kappa shape index (κ1) is 16.9. The Morgan fingerprint density at radius 1 is 1.27 bits per heavy atom. The molecule has 0 amide bonds. The molecule has 1 aliphatic heterocycles. The smallest absolute Gasteiger partial charge is 0.177 e. The lowest BCUT2D eigenvalue weighted by atomic mass is 10.0. The molecule has 0 unspecified atom stereocenters. The lowest BCUT2D eigenvalue weighted by Crippen LogP contribution is -2.20. The third-order valence-corrected chi connectivity index (χ3v) is 4.93. The van der Waals surface area contributed by atoms with Crippen molar-refractivity contribution in [3.05, 3.63) is 47.9 Å². The third kappa shape index (κ3) is 3.27. The molecule has 0 spiro atoms. The van der Waals surface area contributed by atoms with Gasteiger partial charge in [-0.15, -0.1) is 0 Å². The van der Waals surface area contributed by atoms with Gasteiger partial charge in [-0.25, -0.2) is 14.6 Å². The van der Waals surface area contributed by atoms with Crippen LogP contribution in [0.5, 0.6) is 5.75 Å². The maximum Gasteiger partial charge on any atom is 0.177 e. The minimum atomic E-state index is 0.374. The summed E-state index contributed by atoms with van der Waals surface area (Å²) in [6.07, 6.45) is 4.53. The van der Waals surface area contributed by atoms with Crippen molar-refractivity contribution in [2.24, 2.45) is 5.73 Å². The molecule has 7 heteroatoms. The summed E-state index contributed by atoms with van der Waals surface area (Å²) in [5.74, 6) is 1.28. The van der Waals surface area contributed by atoms with Crippen LogP contribution in [0.15, 0.2) is 36.7 Å². The predicted molar refractivity (Wildman–Crippen MR) is 100 cm³/mol. The van der Waals surface area contributed by atoms with Gasteiger partial charge >= 0.3 is 0 Å². The van der Waals surface area contributed by atoms with Gasteiger partial charge in [-0.2, -0.15) is 5.10 Å². The van der Waals surface area contributed by atoms with Crippen molar-refractivity contribution in [1.29, 1.82) is 0 Å². The zero-order chi connectivity index (χ0) is 17.9. The van der Waals surface area contributed by atoms with Gasteiger partial charge in [-0.3, -0.25) is 4.90 Å². The van der Waals surface area contributed by atoms with E-state index in [1.165, 1.54) is 5.56 Å². The van der Waals surface area contributed by atoms with Crippen LogP contribution in [-0.4, -0.2) is 51.4 Å². The maximum absolute atomic E-state index is 5.72. The molecule has 1 fully saturated rings. The minimum absolute atomic E-state index is 0.374. The summed E-state index contributed by atoms with van der Waals surface area (Å²) in [4.78, 5) is 11.5. The lowest BCUT2D eigenvalue weighted by molar-refractivity contribution is 0.325. The van der Waals surface area contributed by atoms with Crippen molar-refractivity contribution >= 4 is 11.2 Å². The van der Waals surface area contributed by atoms with Crippen LogP contribution in [-0.2, 0) is 13.1 Å². The van der Waals surface area contributed by atoms with Crippen molar-refractivity contribution in [3.8, 4) is 5.75 Å². The van der Waals surface area contributed by atoms with E-state index in [2.05, 4.69) is 27.0 Å². The third-order valence-electron chi connectivity index (χ3n) is 4.93. The SMILES string of the molecule is COc1cccc(CN2CC[C@H](c3nn(CCN)c4nccnc34)C2)c1. The number of aromatic nitrogens is 4. The second kappa shape index (κ2) is 7.39. The van der Waals surface area contributed by atoms with Gasteiger partial charge in [0.25, 0.3) is 0 Å². The molecule has 0 radical (unpaired) electrons. The molecule has 1 atom stereocenters. The number of benzene rings is 1. The number of hydrogen-bond acceptors (Lipinski definition) is 6.